The number of aromatic nitrogens is 6. The fourth-order valence-electron chi connectivity index (χ4n) is 11.4. The van der Waals surface area contributed by atoms with Crippen LogP contribution in [0.1, 0.15) is 71.5 Å². The van der Waals surface area contributed by atoms with Crippen molar-refractivity contribution in [3.05, 3.63) is 92.4 Å². The molecule has 3 aliphatic heterocycles. The summed E-state index contributed by atoms with van der Waals surface area (Å²) in [4.78, 5) is 62.6. The molecule has 15 nitrogen and oxygen atoms in total. The number of hydrogen-bond donors (Lipinski definition) is 2. The molecule has 0 radical (unpaired) electrons. The van der Waals surface area contributed by atoms with Crippen LogP contribution in [0.2, 0.25) is 5.02 Å². The van der Waals surface area contributed by atoms with Gasteiger partial charge in [-0.05, 0) is 93.8 Å². The van der Waals surface area contributed by atoms with Gasteiger partial charge in [0.15, 0.2) is 17.3 Å². The topological polar surface area (TPSA) is 163 Å². The number of likely N-dealkylation sites (tertiary alicyclic amines) is 1. The van der Waals surface area contributed by atoms with Crippen LogP contribution >= 0.6 is 11.6 Å². The van der Waals surface area contributed by atoms with Crippen LogP contribution in [0, 0.1) is 18.8 Å². The molecule has 0 bridgehead atoms. The highest BCUT2D eigenvalue weighted by Gasteiger charge is 2.70. The van der Waals surface area contributed by atoms with E-state index < -0.39 is 23.1 Å². The first-order valence-electron chi connectivity index (χ1n) is 21.4. The molecule has 2 saturated carbocycles. The van der Waals surface area contributed by atoms with E-state index in [2.05, 4.69) is 32.0 Å². The van der Waals surface area contributed by atoms with Gasteiger partial charge in [0.05, 0.1) is 40.7 Å². The second-order valence-corrected chi connectivity index (χ2v) is 18.6. The Balaban J connectivity index is 0.949. The Morgan fingerprint density at radius 1 is 1.02 bits per heavy atom. The van der Waals surface area contributed by atoms with Crippen LogP contribution in [0.15, 0.2) is 53.6 Å². The second-order valence-electron chi connectivity index (χ2n) is 18.2. The number of fused-ring (bicyclic) bond motifs is 8. The standard InChI is InChI=1S/C44H44ClF3N10O5/c1-23-37(60)35(50-22-49-23)40(62)56-12-11-43(28-8-10-32(28)56)29-18-27(29)36-34(43)39(61)58-41(57(36)19-33(59)51-31-9-5-25(17-30(31)45)44(46,47)48)52-38(53-58)24-3-6-26(7-4-24)54-13-15-55(16-14-54)42(2)20-63-21-42/h3-7,9,17,22,27-29,32,60H,8,10-16,18-21H2,1-2H3,(H,51,59)/t27-,28+,29+,32-,43?/m0/s1. The lowest BCUT2D eigenvalue weighted by molar-refractivity contribution is -0.137. The van der Waals surface area contributed by atoms with Crippen LogP contribution in [-0.2, 0) is 27.7 Å². The molecule has 11 rings (SSSR count). The molecule has 1 unspecified atom stereocenters. The molecule has 5 aromatic rings. The number of ether oxygens (including phenoxy) is 1. The molecule has 3 aliphatic carbocycles. The highest BCUT2D eigenvalue weighted by atomic mass is 35.5. The van der Waals surface area contributed by atoms with Gasteiger partial charge >= 0.3 is 6.18 Å². The van der Waals surface area contributed by atoms with Gasteiger partial charge in [-0.1, -0.05) is 11.6 Å². The third-order valence-corrected chi connectivity index (χ3v) is 15.1. The van der Waals surface area contributed by atoms with Crippen LogP contribution in [0.25, 0.3) is 17.2 Å². The molecule has 3 aromatic heterocycles. The quantitative estimate of drug-likeness (QED) is 0.219. The van der Waals surface area contributed by atoms with Crippen molar-refractivity contribution in [2.75, 3.05) is 56.2 Å². The van der Waals surface area contributed by atoms with E-state index in [0.29, 0.717) is 41.3 Å². The summed E-state index contributed by atoms with van der Waals surface area (Å²) < 4.78 is 48.8. The fraction of sp³-hybridized carbons (Fsp3) is 0.477. The smallest absolute Gasteiger partial charge is 0.416 e. The first-order chi connectivity index (χ1) is 30.2. The van der Waals surface area contributed by atoms with Crippen LogP contribution in [0.4, 0.5) is 24.5 Å². The van der Waals surface area contributed by atoms with Crippen molar-refractivity contribution in [3.63, 3.8) is 0 Å². The number of halogens is 4. The van der Waals surface area contributed by atoms with Crippen molar-refractivity contribution in [2.24, 2.45) is 11.8 Å². The first-order valence-corrected chi connectivity index (χ1v) is 21.7. The second kappa shape index (κ2) is 14.2. The number of aromatic hydroxyl groups is 1. The van der Waals surface area contributed by atoms with Crippen molar-refractivity contribution in [1.82, 2.24) is 38.9 Å². The molecular formula is C44H44ClF3N10O5. The lowest BCUT2D eigenvalue weighted by Gasteiger charge is -2.58. The molecule has 63 heavy (non-hydrogen) atoms. The Kier molecular flexibility index (Phi) is 9.07. The molecule has 19 heteroatoms. The third kappa shape index (κ3) is 6.18. The minimum atomic E-state index is -4.62. The third-order valence-electron chi connectivity index (χ3n) is 14.8. The number of carbonyl (C=O) groups excluding carboxylic acids is 2. The van der Waals surface area contributed by atoms with Gasteiger partial charge in [-0.25, -0.2) is 9.97 Å². The van der Waals surface area contributed by atoms with Gasteiger partial charge in [0, 0.05) is 72.6 Å². The maximum atomic E-state index is 15.1. The predicted octanol–water partition coefficient (Wildman–Crippen LogP) is 5.26. The van der Waals surface area contributed by atoms with Crippen molar-refractivity contribution >= 4 is 40.6 Å². The molecule has 2 N–H and O–H groups in total. The molecule has 2 aromatic carbocycles. The van der Waals surface area contributed by atoms with Crippen molar-refractivity contribution in [3.8, 4) is 17.1 Å². The van der Waals surface area contributed by atoms with Gasteiger partial charge in [-0.15, -0.1) is 5.10 Å². The molecular weight excluding hydrogens is 841 g/mol. The summed E-state index contributed by atoms with van der Waals surface area (Å²) in [5.74, 6) is -0.779. The number of rotatable bonds is 7. The van der Waals surface area contributed by atoms with E-state index in [9.17, 15) is 27.9 Å². The normalized spacial score (nSPS) is 25.9. The summed E-state index contributed by atoms with van der Waals surface area (Å²) in [6, 6.07) is 10.5. The van der Waals surface area contributed by atoms with Gasteiger partial charge in [0.2, 0.25) is 11.7 Å². The van der Waals surface area contributed by atoms with Crippen molar-refractivity contribution in [2.45, 2.75) is 75.2 Å². The summed E-state index contributed by atoms with van der Waals surface area (Å²) in [6.07, 6.45) is -0.600. The predicted molar refractivity (Wildman–Crippen MR) is 224 cm³/mol. The Bertz CT molecular complexity index is 2790. The van der Waals surface area contributed by atoms with E-state index in [4.69, 9.17) is 26.4 Å². The van der Waals surface area contributed by atoms with E-state index in [1.54, 1.807) is 16.4 Å². The number of amides is 2. The largest absolute Gasteiger partial charge is 0.504 e. The molecule has 6 aliphatic rings. The summed E-state index contributed by atoms with van der Waals surface area (Å²) in [6.45, 7) is 8.95. The summed E-state index contributed by atoms with van der Waals surface area (Å²) in [5.41, 5.74) is 1.51. The number of piperazine rings is 1. The number of hydrogen-bond acceptors (Lipinski definition) is 11. The number of nitrogens with one attached hydrogen (secondary N) is 1. The fourth-order valence-corrected chi connectivity index (χ4v) is 11.6. The first kappa shape index (κ1) is 40.2. The number of alkyl halides is 3. The molecule has 328 valence electrons. The lowest BCUT2D eigenvalue weighted by atomic mass is 9.54. The van der Waals surface area contributed by atoms with E-state index >= 15 is 4.79 Å². The van der Waals surface area contributed by atoms with Crippen molar-refractivity contribution in [1.29, 1.82) is 0 Å². The Hall–Kier alpha value is -5.59. The minimum absolute atomic E-state index is 0.0123. The maximum Gasteiger partial charge on any atom is 0.416 e. The molecule has 5 fully saturated rings. The van der Waals surface area contributed by atoms with Crippen LogP contribution in [0.5, 0.6) is 5.75 Å². The summed E-state index contributed by atoms with van der Waals surface area (Å²) in [7, 11) is 0. The molecule has 6 heterocycles. The SMILES string of the molecule is Cc1ncnc(C(=O)N2CCC3(c4c(n(CC(=O)Nc5ccc(C(F)(F)F)cc5Cl)c5nc(-c6ccc(N7CCN(C8(C)COC8)CC7)cc6)nn5c4=O)[C@H]4C[C@H]43)[C@@H]3CC[C@@H]32)c1O. The number of piperidine rings is 1. The van der Waals surface area contributed by atoms with E-state index in [1.807, 2.05) is 24.3 Å². The van der Waals surface area contributed by atoms with E-state index in [0.717, 1.165) is 82.5 Å². The Morgan fingerprint density at radius 2 is 1.78 bits per heavy atom. The van der Waals surface area contributed by atoms with Gasteiger partial charge in [0.1, 0.15) is 12.9 Å². The zero-order chi connectivity index (χ0) is 43.7. The highest BCUT2D eigenvalue weighted by molar-refractivity contribution is 6.33. The Labute approximate surface area is 363 Å². The number of carbonyl (C=O) groups is 2. The van der Waals surface area contributed by atoms with Crippen molar-refractivity contribution < 1.29 is 32.6 Å². The van der Waals surface area contributed by atoms with Crippen LogP contribution in [-0.4, -0.2) is 113 Å². The average molecular weight is 885 g/mol. The van der Waals surface area contributed by atoms with Gasteiger partial charge in [-0.2, -0.15) is 22.7 Å². The van der Waals surface area contributed by atoms with Gasteiger partial charge in [0.25, 0.3) is 11.5 Å². The minimum Gasteiger partial charge on any atom is -0.504 e. The van der Waals surface area contributed by atoms with Gasteiger partial charge in [-0.3, -0.25) is 19.3 Å². The highest BCUT2D eigenvalue weighted by Crippen LogP contribution is 2.72. The number of nitrogens with zero attached hydrogens (tertiary/aromatic N) is 9. The average Bonchev–Trinajstić information content (AvgIpc) is 3.83. The number of anilines is 2. The number of benzene rings is 2. The number of aryl methyl sites for hydroxylation is 1. The maximum absolute atomic E-state index is 15.1. The zero-order valence-electron chi connectivity index (χ0n) is 34.5. The van der Waals surface area contributed by atoms with Crippen LogP contribution < -0.4 is 15.8 Å². The molecule has 5 atom stereocenters. The summed E-state index contributed by atoms with van der Waals surface area (Å²) in [5, 5.41) is 17.9. The molecule has 3 saturated heterocycles. The Morgan fingerprint density at radius 3 is 2.44 bits per heavy atom. The lowest BCUT2D eigenvalue weighted by Crippen LogP contribution is -2.64. The van der Waals surface area contributed by atoms with Crippen LogP contribution in [0.3, 0.4) is 0 Å². The molecule has 1 spiro atoms. The van der Waals surface area contributed by atoms with Gasteiger partial charge < -0.3 is 29.5 Å². The monoisotopic (exact) mass is 884 g/mol. The van der Waals surface area contributed by atoms with E-state index in [-0.39, 0.29) is 75.3 Å². The zero-order valence-corrected chi connectivity index (χ0v) is 35.3. The van der Waals surface area contributed by atoms with E-state index in [1.165, 1.54) is 10.8 Å². The summed E-state index contributed by atoms with van der Waals surface area (Å²) >= 11 is 6.26. The molecule has 2 amide bonds.